The van der Waals surface area contributed by atoms with E-state index in [0.29, 0.717) is 11.1 Å². The second kappa shape index (κ2) is 4.25. The van der Waals surface area contributed by atoms with Gasteiger partial charge in [-0.05, 0) is 20.8 Å². The number of hydrogen-bond donors (Lipinski definition) is 0. The van der Waals surface area contributed by atoms with Crippen molar-refractivity contribution in [2.45, 2.75) is 26.4 Å². The van der Waals surface area contributed by atoms with Crippen molar-refractivity contribution in [1.82, 2.24) is 0 Å². The van der Waals surface area contributed by atoms with Crippen LogP contribution >= 0.6 is 11.6 Å². The number of halogens is 1. The summed E-state index contributed by atoms with van der Waals surface area (Å²) >= 11 is 5.95. The van der Waals surface area contributed by atoms with Crippen LogP contribution < -0.4 is 0 Å². The summed E-state index contributed by atoms with van der Waals surface area (Å²) in [5.74, 6) is -0.774. The first-order chi connectivity index (χ1) is 8.31. The topological polar surface area (TPSA) is 43.4 Å². The van der Waals surface area contributed by atoms with E-state index in [1.807, 2.05) is 0 Å². The molecule has 0 N–H and O–H groups in total. The first-order valence-corrected chi connectivity index (χ1v) is 5.96. The molecule has 0 spiro atoms. The van der Waals surface area contributed by atoms with Gasteiger partial charge in [0, 0.05) is 11.1 Å². The van der Waals surface area contributed by atoms with Gasteiger partial charge in [-0.15, -0.1) is 0 Å². The molecule has 0 heterocycles. The summed E-state index contributed by atoms with van der Waals surface area (Å²) in [5, 5.41) is -0.145. The van der Waals surface area contributed by atoms with Crippen molar-refractivity contribution >= 4 is 23.2 Å². The predicted octanol–water partition coefficient (Wildman–Crippen LogP) is 3.33. The largest absolute Gasteiger partial charge is 0.482 e. The molecule has 3 nitrogen and oxygen atoms in total. The Morgan fingerprint density at radius 1 is 1.00 bits per heavy atom. The Hall–Kier alpha value is -1.61. The van der Waals surface area contributed by atoms with Gasteiger partial charge < -0.3 is 4.74 Å². The quantitative estimate of drug-likeness (QED) is 0.781. The predicted molar refractivity (Wildman–Crippen MR) is 68.8 cm³/mol. The molecular weight excluding hydrogens is 252 g/mol. The van der Waals surface area contributed by atoms with E-state index in [9.17, 15) is 9.59 Å². The monoisotopic (exact) mass is 264 g/mol. The lowest BCUT2D eigenvalue weighted by atomic mass is 9.93. The van der Waals surface area contributed by atoms with Crippen molar-refractivity contribution in [1.29, 1.82) is 0 Å². The summed E-state index contributed by atoms with van der Waals surface area (Å²) in [6.07, 6.45) is 0. The first kappa shape index (κ1) is 12.8. The van der Waals surface area contributed by atoms with Gasteiger partial charge in [0.25, 0.3) is 0 Å². The maximum absolute atomic E-state index is 12.2. The van der Waals surface area contributed by atoms with Crippen molar-refractivity contribution < 1.29 is 14.3 Å². The van der Waals surface area contributed by atoms with Gasteiger partial charge in [-0.2, -0.15) is 0 Å². The zero-order valence-electron chi connectivity index (χ0n) is 10.4. The zero-order valence-corrected chi connectivity index (χ0v) is 11.2. The van der Waals surface area contributed by atoms with E-state index < -0.39 is 5.60 Å². The number of benzene rings is 1. The summed E-state index contributed by atoms with van der Waals surface area (Å²) < 4.78 is 5.51. The zero-order chi connectivity index (χ0) is 13.5. The molecule has 0 amide bonds. The molecule has 4 heteroatoms. The van der Waals surface area contributed by atoms with Crippen LogP contribution in [-0.2, 0) is 4.74 Å². The fourth-order valence-electron chi connectivity index (χ4n) is 1.72. The Balaban J connectivity index is 2.53. The Bertz CT molecular complexity index is 565. The summed E-state index contributed by atoms with van der Waals surface area (Å²) in [6, 6.07) is 6.60. The maximum Gasteiger partial charge on any atom is 0.230 e. The van der Waals surface area contributed by atoms with Gasteiger partial charge in [0.2, 0.25) is 11.6 Å². The minimum atomic E-state index is -0.586. The van der Waals surface area contributed by atoms with Gasteiger partial charge in [-0.3, -0.25) is 9.59 Å². The number of rotatable bonds is 1. The lowest BCUT2D eigenvalue weighted by molar-refractivity contribution is 0.0415. The van der Waals surface area contributed by atoms with E-state index in [4.69, 9.17) is 16.3 Å². The highest BCUT2D eigenvalue weighted by Gasteiger charge is 2.34. The van der Waals surface area contributed by atoms with Crippen LogP contribution in [0.15, 0.2) is 35.1 Å². The van der Waals surface area contributed by atoms with Crippen molar-refractivity contribution in [3.05, 3.63) is 46.2 Å². The average Bonchev–Trinajstić information content (AvgIpc) is 2.31. The lowest BCUT2D eigenvalue weighted by Gasteiger charge is -2.26. The Morgan fingerprint density at radius 3 is 2.00 bits per heavy atom. The summed E-state index contributed by atoms with van der Waals surface area (Å²) in [5.41, 5.74) is 0.0810. The molecule has 18 heavy (non-hydrogen) atoms. The van der Waals surface area contributed by atoms with Crippen LogP contribution in [0.3, 0.4) is 0 Å². The summed E-state index contributed by atoms with van der Waals surface area (Å²) in [6.45, 7) is 5.38. The molecular formula is C14H13ClO3. The first-order valence-electron chi connectivity index (χ1n) is 5.58. The standard InChI is InChI=1S/C14H13ClO3/c1-14(2,3)18-13-10(15)11(16)8-6-4-5-7-9(8)12(13)17/h4-7H,1-3H3. The number of carbonyl (C=O) groups excluding carboxylic acids is 2. The fourth-order valence-corrected chi connectivity index (χ4v) is 1.95. The Labute approximate surface area is 110 Å². The van der Waals surface area contributed by atoms with Gasteiger partial charge in [0.1, 0.15) is 10.6 Å². The molecule has 0 atom stereocenters. The highest BCUT2D eigenvalue weighted by atomic mass is 35.5. The van der Waals surface area contributed by atoms with Crippen molar-refractivity contribution in [2.75, 3.05) is 0 Å². The van der Waals surface area contributed by atoms with Gasteiger partial charge in [0.15, 0.2) is 5.76 Å². The molecule has 1 aliphatic carbocycles. The molecule has 0 fully saturated rings. The average molecular weight is 265 g/mol. The normalized spacial score (nSPS) is 15.8. The molecule has 0 saturated carbocycles. The summed E-state index contributed by atoms with van der Waals surface area (Å²) in [7, 11) is 0. The maximum atomic E-state index is 12.2. The molecule has 1 aromatic rings. The molecule has 0 saturated heterocycles. The molecule has 1 aromatic carbocycles. The van der Waals surface area contributed by atoms with Crippen molar-refractivity contribution in [3.8, 4) is 0 Å². The van der Waals surface area contributed by atoms with Crippen LogP contribution in [0.4, 0.5) is 0 Å². The van der Waals surface area contributed by atoms with E-state index in [2.05, 4.69) is 0 Å². The number of Topliss-reactive ketones (excluding diaryl/α,β-unsaturated/α-hetero) is 2. The van der Waals surface area contributed by atoms with Crippen LogP contribution in [0, 0.1) is 0 Å². The lowest BCUT2D eigenvalue weighted by Crippen LogP contribution is -2.28. The Kier molecular flexibility index (Phi) is 3.03. The molecule has 0 aromatic heterocycles. The molecule has 0 radical (unpaired) electrons. The van der Waals surface area contributed by atoms with E-state index in [1.54, 1.807) is 45.0 Å². The molecule has 94 valence electrons. The van der Waals surface area contributed by atoms with Crippen molar-refractivity contribution in [3.63, 3.8) is 0 Å². The highest BCUT2D eigenvalue weighted by Crippen LogP contribution is 2.31. The van der Waals surface area contributed by atoms with Crippen LogP contribution in [0.2, 0.25) is 0 Å². The molecule has 0 aliphatic heterocycles. The summed E-state index contributed by atoms with van der Waals surface area (Å²) in [4.78, 5) is 24.3. The number of hydrogen-bond acceptors (Lipinski definition) is 3. The van der Waals surface area contributed by atoms with Crippen molar-refractivity contribution in [2.24, 2.45) is 0 Å². The molecule has 0 bridgehead atoms. The van der Waals surface area contributed by atoms with E-state index >= 15 is 0 Å². The fraction of sp³-hybridized carbons (Fsp3) is 0.286. The minimum absolute atomic E-state index is 0.0622. The SMILES string of the molecule is CC(C)(C)OC1=C(Cl)C(=O)c2ccccc2C1=O. The second-order valence-corrected chi connectivity index (χ2v) is 5.44. The van der Waals surface area contributed by atoms with Gasteiger partial charge >= 0.3 is 0 Å². The third-order valence-electron chi connectivity index (χ3n) is 2.43. The molecule has 2 rings (SSSR count). The number of fused-ring (bicyclic) bond motifs is 1. The Morgan fingerprint density at radius 2 is 1.50 bits per heavy atom. The van der Waals surface area contributed by atoms with Crippen LogP contribution in [0.25, 0.3) is 0 Å². The smallest absolute Gasteiger partial charge is 0.230 e. The number of ketones is 2. The molecule has 0 unspecified atom stereocenters. The number of carbonyl (C=O) groups is 2. The molecule has 1 aliphatic rings. The van der Waals surface area contributed by atoms with E-state index in [0.717, 1.165) is 0 Å². The second-order valence-electron chi connectivity index (χ2n) is 5.06. The van der Waals surface area contributed by atoms with Gasteiger partial charge in [-0.1, -0.05) is 35.9 Å². The third-order valence-corrected chi connectivity index (χ3v) is 2.77. The van der Waals surface area contributed by atoms with E-state index in [-0.39, 0.29) is 22.4 Å². The highest BCUT2D eigenvalue weighted by molar-refractivity contribution is 6.49. The number of ether oxygens (including phenoxy) is 1. The van der Waals surface area contributed by atoms with Crippen LogP contribution in [0.1, 0.15) is 41.5 Å². The van der Waals surface area contributed by atoms with Gasteiger partial charge in [-0.25, -0.2) is 0 Å². The third kappa shape index (κ3) is 2.18. The van der Waals surface area contributed by atoms with Crippen LogP contribution in [0.5, 0.6) is 0 Å². The van der Waals surface area contributed by atoms with Gasteiger partial charge in [0.05, 0.1) is 0 Å². The number of allylic oxidation sites excluding steroid dienone is 2. The minimum Gasteiger partial charge on any atom is -0.482 e. The van der Waals surface area contributed by atoms with Crippen LogP contribution in [-0.4, -0.2) is 17.2 Å². The van der Waals surface area contributed by atoms with E-state index in [1.165, 1.54) is 0 Å².